The van der Waals surface area contributed by atoms with E-state index in [0.717, 1.165) is 12.1 Å². The Bertz CT molecular complexity index is 628. The summed E-state index contributed by atoms with van der Waals surface area (Å²) in [5.74, 6) is 0. The predicted octanol–water partition coefficient (Wildman–Crippen LogP) is 6.68. The van der Waals surface area contributed by atoms with Gasteiger partial charge in [0, 0.05) is 0 Å². The Balaban J connectivity index is 0.000000224. The molecule has 0 fully saturated rings. The van der Waals surface area contributed by atoms with Gasteiger partial charge in [0.1, 0.15) is 0 Å². The highest BCUT2D eigenvalue weighted by molar-refractivity contribution is 14.0. The van der Waals surface area contributed by atoms with Crippen molar-refractivity contribution < 1.29 is 13.2 Å². The molecule has 0 saturated heterocycles. The molecule has 4 heteroatoms. The average Bonchev–Trinajstić information content (AvgIpc) is 2.57. The van der Waals surface area contributed by atoms with Crippen LogP contribution in [-0.2, 0) is 6.18 Å². The summed E-state index contributed by atoms with van der Waals surface area (Å²) in [6.45, 7) is 0. The summed E-state index contributed by atoms with van der Waals surface area (Å²) < 4.78 is 35.4. The summed E-state index contributed by atoms with van der Waals surface area (Å²) in [4.78, 5) is 0. The molecule has 0 aromatic heterocycles. The zero-order valence-corrected chi connectivity index (χ0v) is 14.5. The van der Waals surface area contributed by atoms with Gasteiger partial charge in [-0.15, -0.1) is 24.0 Å². The van der Waals surface area contributed by atoms with Crippen molar-refractivity contribution in [3.05, 3.63) is 96.6 Å². The Labute approximate surface area is 151 Å². The zero-order valence-electron chi connectivity index (χ0n) is 12.2. The third-order valence-electron chi connectivity index (χ3n) is 2.98. The lowest BCUT2D eigenvalue weighted by Gasteiger charge is -2.03. The second-order valence-corrected chi connectivity index (χ2v) is 4.60. The van der Waals surface area contributed by atoms with Crippen LogP contribution in [0.25, 0.3) is 11.1 Å². The molecule has 23 heavy (non-hydrogen) atoms. The Morgan fingerprint density at radius 1 is 0.478 bits per heavy atom. The van der Waals surface area contributed by atoms with Crippen LogP contribution in [0.4, 0.5) is 13.2 Å². The molecule has 0 aliphatic rings. The van der Waals surface area contributed by atoms with E-state index < -0.39 is 11.7 Å². The highest BCUT2D eigenvalue weighted by Gasteiger charge is 2.29. The fourth-order valence-electron chi connectivity index (χ4n) is 1.89. The molecule has 0 N–H and O–H groups in total. The molecule has 0 radical (unpaired) electrons. The summed E-state index contributed by atoms with van der Waals surface area (Å²) >= 11 is 0. The van der Waals surface area contributed by atoms with Crippen molar-refractivity contribution >= 4 is 24.0 Å². The van der Waals surface area contributed by atoms with E-state index in [2.05, 4.69) is 48.5 Å². The molecule has 0 atom stereocenters. The Morgan fingerprint density at radius 3 is 1.04 bits per heavy atom. The maximum absolute atomic E-state index is 11.8. The molecule has 3 rings (SSSR count). The first-order valence-corrected chi connectivity index (χ1v) is 6.80. The average molecular weight is 428 g/mol. The highest BCUT2D eigenvalue weighted by Crippen LogP contribution is 2.28. The molecule has 120 valence electrons. The van der Waals surface area contributed by atoms with Crippen molar-refractivity contribution in [3.8, 4) is 11.1 Å². The fourth-order valence-corrected chi connectivity index (χ4v) is 1.89. The van der Waals surface area contributed by atoms with E-state index in [1.165, 1.54) is 23.3 Å². The summed E-state index contributed by atoms with van der Waals surface area (Å²) in [5, 5.41) is 0. The van der Waals surface area contributed by atoms with Gasteiger partial charge in [-0.25, -0.2) is 0 Å². The maximum Gasteiger partial charge on any atom is 0.416 e. The van der Waals surface area contributed by atoms with Gasteiger partial charge < -0.3 is 0 Å². The van der Waals surface area contributed by atoms with Gasteiger partial charge in [0.15, 0.2) is 0 Å². The molecule has 0 amide bonds. The van der Waals surface area contributed by atoms with Crippen molar-refractivity contribution in [2.45, 2.75) is 6.18 Å². The fraction of sp³-hybridized carbons (Fsp3) is 0.0526. The van der Waals surface area contributed by atoms with Gasteiger partial charge in [-0.3, -0.25) is 0 Å². The molecular weight excluding hydrogens is 412 g/mol. The third kappa shape index (κ3) is 6.44. The van der Waals surface area contributed by atoms with Crippen LogP contribution in [0.3, 0.4) is 0 Å². The molecule has 0 bridgehead atoms. The second-order valence-electron chi connectivity index (χ2n) is 4.60. The van der Waals surface area contributed by atoms with Crippen LogP contribution in [-0.4, -0.2) is 0 Å². The lowest BCUT2D eigenvalue weighted by atomic mass is 10.1. The van der Waals surface area contributed by atoms with Crippen molar-refractivity contribution in [2.24, 2.45) is 0 Å². The van der Waals surface area contributed by atoms with E-state index in [-0.39, 0.29) is 24.0 Å². The van der Waals surface area contributed by atoms with E-state index in [9.17, 15) is 13.2 Å². The normalized spacial score (nSPS) is 10.0. The molecule has 0 aliphatic carbocycles. The number of hydrogen-bond donors (Lipinski definition) is 0. The largest absolute Gasteiger partial charge is 0.416 e. The van der Waals surface area contributed by atoms with Gasteiger partial charge in [0.25, 0.3) is 0 Å². The van der Waals surface area contributed by atoms with Gasteiger partial charge >= 0.3 is 6.18 Å². The van der Waals surface area contributed by atoms with Gasteiger partial charge in [-0.2, -0.15) is 13.2 Å². The van der Waals surface area contributed by atoms with Gasteiger partial charge in [-0.05, 0) is 11.1 Å². The van der Waals surface area contributed by atoms with Crippen LogP contribution < -0.4 is 0 Å². The van der Waals surface area contributed by atoms with Gasteiger partial charge in [0.2, 0.25) is 0 Å². The number of rotatable bonds is 1. The number of benzene rings is 3. The number of hydrogen-bond acceptors (Lipinski definition) is 0. The minimum absolute atomic E-state index is 0. The van der Waals surface area contributed by atoms with Crippen molar-refractivity contribution in [1.82, 2.24) is 0 Å². The molecule has 0 nitrogen and oxygen atoms in total. The number of halogens is 4. The molecule has 3 aromatic carbocycles. The lowest BCUT2D eigenvalue weighted by molar-refractivity contribution is -0.137. The van der Waals surface area contributed by atoms with Crippen molar-refractivity contribution in [3.63, 3.8) is 0 Å². The predicted molar refractivity (Wildman–Crippen MR) is 98.7 cm³/mol. The Kier molecular flexibility index (Phi) is 7.81. The van der Waals surface area contributed by atoms with E-state index in [1.54, 1.807) is 6.07 Å². The van der Waals surface area contributed by atoms with Crippen LogP contribution in [0.5, 0.6) is 0 Å². The smallest absolute Gasteiger partial charge is 0.166 e. The van der Waals surface area contributed by atoms with E-state index in [1.807, 2.05) is 12.1 Å². The minimum Gasteiger partial charge on any atom is -0.166 e. The van der Waals surface area contributed by atoms with Crippen molar-refractivity contribution in [1.29, 1.82) is 0 Å². The van der Waals surface area contributed by atoms with Gasteiger partial charge in [0.05, 0.1) is 5.56 Å². The van der Waals surface area contributed by atoms with Crippen LogP contribution in [0.15, 0.2) is 91.0 Å². The van der Waals surface area contributed by atoms with Crippen LogP contribution >= 0.6 is 24.0 Å². The minimum atomic E-state index is -4.21. The Morgan fingerprint density at radius 2 is 0.783 bits per heavy atom. The van der Waals surface area contributed by atoms with Crippen LogP contribution in [0, 0.1) is 0 Å². The molecule has 0 saturated carbocycles. The summed E-state index contributed by atoms with van der Waals surface area (Å²) in [5.41, 5.74) is 1.95. The standard InChI is InChI=1S/C12H10.C7H5F3.HI/c1-3-7-11(8-4-1)12-9-5-2-6-10-12;8-7(9,10)6-4-2-1-3-5-6;/h1-10H;1-5H;1H. The van der Waals surface area contributed by atoms with E-state index in [0.29, 0.717) is 0 Å². The van der Waals surface area contributed by atoms with Crippen molar-refractivity contribution in [2.75, 3.05) is 0 Å². The Hall–Kier alpha value is -1.82. The quantitative estimate of drug-likeness (QED) is 0.380. The third-order valence-corrected chi connectivity index (χ3v) is 2.98. The first-order valence-electron chi connectivity index (χ1n) is 6.80. The SMILES string of the molecule is FC(F)(F)c1ccccc1.I.c1ccc(-c2ccccc2)cc1. The topological polar surface area (TPSA) is 0 Å². The van der Waals surface area contributed by atoms with E-state index >= 15 is 0 Å². The van der Waals surface area contributed by atoms with Crippen LogP contribution in [0.1, 0.15) is 5.56 Å². The number of alkyl halides is 3. The second kappa shape index (κ2) is 9.35. The summed E-state index contributed by atoms with van der Waals surface area (Å²) in [7, 11) is 0. The molecule has 3 aromatic rings. The summed E-state index contributed by atoms with van der Waals surface area (Å²) in [6.07, 6.45) is -4.21. The molecule has 0 aliphatic heterocycles. The molecular formula is C19H16F3I. The monoisotopic (exact) mass is 428 g/mol. The maximum atomic E-state index is 11.8. The first kappa shape index (κ1) is 19.2. The van der Waals surface area contributed by atoms with E-state index in [4.69, 9.17) is 0 Å². The van der Waals surface area contributed by atoms with Gasteiger partial charge in [-0.1, -0.05) is 91.0 Å². The first-order chi connectivity index (χ1) is 10.6. The summed E-state index contributed by atoms with van der Waals surface area (Å²) in [6, 6.07) is 27.1. The highest BCUT2D eigenvalue weighted by atomic mass is 127. The van der Waals surface area contributed by atoms with Crippen LogP contribution in [0.2, 0.25) is 0 Å². The molecule has 0 heterocycles. The zero-order chi connectivity index (χ0) is 15.8. The molecule has 0 spiro atoms. The lowest BCUT2D eigenvalue weighted by Crippen LogP contribution is -2.03. The molecule has 0 unspecified atom stereocenters.